The van der Waals surface area contributed by atoms with Gasteiger partial charge in [0.2, 0.25) is 0 Å². The number of carbonyl (C=O) groups excluding carboxylic acids is 2. The number of pyridine rings is 1. The first kappa shape index (κ1) is 27.0. The molecule has 3 heterocycles. The van der Waals surface area contributed by atoms with Crippen LogP contribution in [0, 0.1) is 11.6 Å². The zero-order valence-electron chi connectivity index (χ0n) is 20.6. The predicted octanol–water partition coefficient (Wildman–Crippen LogP) is 3.50. The third-order valence-electron chi connectivity index (χ3n) is 6.25. The molecular formula is C25H24F4N4O5. The van der Waals surface area contributed by atoms with E-state index in [1.165, 1.54) is 35.2 Å². The SMILES string of the molecule is COC(=O)OC1=C(CN2CC(F)(F)CC2C(=O)OC)NC(c2ccc(F)cn2)=NC1(C)c1ccc(F)cc1. The van der Waals surface area contributed by atoms with Crippen molar-refractivity contribution in [1.29, 1.82) is 0 Å². The lowest BCUT2D eigenvalue weighted by molar-refractivity contribution is -0.146. The van der Waals surface area contributed by atoms with E-state index in [9.17, 15) is 27.2 Å². The molecule has 0 bridgehead atoms. The Morgan fingerprint density at radius 2 is 1.76 bits per heavy atom. The number of esters is 1. The number of alkyl halides is 2. The monoisotopic (exact) mass is 536 g/mol. The second-order valence-corrected chi connectivity index (χ2v) is 8.89. The Morgan fingerprint density at radius 3 is 2.37 bits per heavy atom. The van der Waals surface area contributed by atoms with E-state index in [1.54, 1.807) is 6.92 Å². The van der Waals surface area contributed by atoms with E-state index in [4.69, 9.17) is 9.47 Å². The second kappa shape index (κ2) is 10.4. The van der Waals surface area contributed by atoms with Crippen LogP contribution in [0.3, 0.4) is 0 Å². The first-order chi connectivity index (χ1) is 18.0. The van der Waals surface area contributed by atoms with Crippen LogP contribution < -0.4 is 5.32 Å². The van der Waals surface area contributed by atoms with Gasteiger partial charge in [-0.25, -0.2) is 32.3 Å². The molecule has 4 rings (SSSR count). The molecule has 0 saturated carbocycles. The Labute approximate surface area is 215 Å². The van der Waals surface area contributed by atoms with Crippen molar-refractivity contribution >= 4 is 18.0 Å². The minimum Gasteiger partial charge on any atom is -0.468 e. The summed E-state index contributed by atoms with van der Waals surface area (Å²) in [7, 11) is 2.18. The summed E-state index contributed by atoms with van der Waals surface area (Å²) in [6, 6.07) is 6.40. The number of nitrogens with one attached hydrogen (secondary N) is 1. The van der Waals surface area contributed by atoms with E-state index in [0.717, 1.165) is 26.5 Å². The van der Waals surface area contributed by atoms with Crippen LogP contribution in [-0.4, -0.2) is 67.1 Å². The lowest BCUT2D eigenvalue weighted by Crippen LogP contribution is -2.46. The summed E-state index contributed by atoms with van der Waals surface area (Å²) in [5.74, 6) is -5.23. The third kappa shape index (κ3) is 5.47. The molecule has 0 spiro atoms. The number of nitrogens with zero attached hydrogens (tertiary/aromatic N) is 3. The van der Waals surface area contributed by atoms with Gasteiger partial charge in [-0.05, 0) is 36.8 Å². The first-order valence-electron chi connectivity index (χ1n) is 11.4. The van der Waals surface area contributed by atoms with Gasteiger partial charge >= 0.3 is 12.1 Å². The number of likely N-dealkylation sites (tertiary alicyclic amines) is 1. The van der Waals surface area contributed by atoms with Crippen molar-refractivity contribution in [3.63, 3.8) is 0 Å². The van der Waals surface area contributed by atoms with Crippen LogP contribution in [-0.2, 0) is 24.5 Å². The number of hydrogen-bond acceptors (Lipinski definition) is 9. The van der Waals surface area contributed by atoms with Crippen molar-refractivity contribution in [3.05, 3.63) is 76.9 Å². The van der Waals surface area contributed by atoms with Crippen molar-refractivity contribution < 1.29 is 41.4 Å². The van der Waals surface area contributed by atoms with E-state index in [-0.39, 0.29) is 29.5 Å². The Morgan fingerprint density at radius 1 is 1.08 bits per heavy atom. The molecule has 1 aromatic heterocycles. The van der Waals surface area contributed by atoms with Gasteiger partial charge in [0.05, 0.1) is 32.7 Å². The molecule has 2 atom stereocenters. The van der Waals surface area contributed by atoms with Gasteiger partial charge in [-0.2, -0.15) is 0 Å². The molecule has 1 saturated heterocycles. The van der Waals surface area contributed by atoms with Gasteiger partial charge in [-0.3, -0.25) is 9.69 Å². The van der Waals surface area contributed by atoms with Gasteiger partial charge in [0.15, 0.2) is 11.6 Å². The Kier molecular flexibility index (Phi) is 7.40. The molecule has 1 N–H and O–H groups in total. The number of hydrogen-bond donors (Lipinski definition) is 1. The number of aliphatic imine (C=N–C) groups is 1. The summed E-state index contributed by atoms with van der Waals surface area (Å²) in [4.78, 5) is 34.5. The van der Waals surface area contributed by atoms with Crippen LogP contribution in [0.15, 0.2) is 59.0 Å². The zero-order valence-corrected chi connectivity index (χ0v) is 20.6. The minimum atomic E-state index is -3.19. The molecule has 2 aliphatic rings. The third-order valence-corrected chi connectivity index (χ3v) is 6.25. The summed E-state index contributed by atoms with van der Waals surface area (Å²) in [6.45, 7) is 0.440. The summed E-state index contributed by atoms with van der Waals surface area (Å²) in [6.07, 6.45) is -0.926. The van der Waals surface area contributed by atoms with Gasteiger partial charge in [0.1, 0.15) is 28.9 Å². The number of halogens is 4. The lowest BCUT2D eigenvalue weighted by atomic mass is 9.87. The van der Waals surface area contributed by atoms with E-state index in [0.29, 0.717) is 5.56 Å². The van der Waals surface area contributed by atoms with Crippen LogP contribution in [0.1, 0.15) is 24.6 Å². The smallest absolute Gasteiger partial charge is 0.468 e. The zero-order chi connectivity index (χ0) is 27.7. The normalized spacial score (nSPS) is 22.9. The maximum absolute atomic E-state index is 14.4. The van der Waals surface area contributed by atoms with Gasteiger partial charge in [0.25, 0.3) is 5.92 Å². The van der Waals surface area contributed by atoms with Crippen LogP contribution in [0.2, 0.25) is 0 Å². The molecule has 38 heavy (non-hydrogen) atoms. The molecule has 2 aromatic rings. The maximum atomic E-state index is 14.4. The number of carbonyl (C=O) groups is 2. The fraction of sp³-hybridized carbons (Fsp3) is 0.360. The Bertz CT molecular complexity index is 1280. The van der Waals surface area contributed by atoms with E-state index < -0.39 is 54.2 Å². The van der Waals surface area contributed by atoms with E-state index in [1.807, 2.05) is 0 Å². The van der Waals surface area contributed by atoms with Gasteiger partial charge in [-0.1, -0.05) is 12.1 Å². The highest BCUT2D eigenvalue weighted by Gasteiger charge is 2.50. The molecule has 0 amide bonds. The average molecular weight is 536 g/mol. The summed E-state index contributed by atoms with van der Waals surface area (Å²) in [5, 5.41) is 2.94. The quantitative estimate of drug-likeness (QED) is 0.442. The number of benzene rings is 1. The second-order valence-electron chi connectivity index (χ2n) is 8.89. The molecule has 1 aromatic carbocycles. The largest absolute Gasteiger partial charge is 0.513 e. The highest BCUT2D eigenvalue weighted by molar-refractivity contribution is 5.99. The van der Waals surface area contributed by atoms with Gasteiger partial charge < -0.3 is 19.5 Å². The van der Waals surface area contributed by atoms with Gasteiger partial charge in [-0.15, -0.1) is 0 Å². The first-order valence-corrected chi connectivity index (χ1v) is 11.4. The molecule has 2 unspecified atom stereocenters. The predicted molar refractivity (Wildman–Crippen MR) is 125 cm³/mol. The topological polar surface area (TPSA) is 102 Å². The number of methoxy groups -OCH3 is 2. The molecule has 0 radical (unpaired) electrons. The van der Waals surface area contributed by atoms with E-state index >= 15 is 0 Å². The van der Waals surface area contributed by atoms with E-state index in [2.05, 4.69) is 20.0 Å². The summed E-state index contributed by atoms with van der Waals surface area (Å²) < 4.78 is 71.0. The fourth-order valence-electron chi connectivity index (χ4n) is 4.42. The average Bonchev–Trinajstić information content (AvgIpc) is 3.19. The molecule has 13 heteroatoms. The lowest BCUT2D eigenvalue weighted by Gasteiger charge is -2.36. The van der Waals surface area contributed by atoms with Crippen molar-refractivity contribution in [2.45, 2.75) is 30.8 Å². The van der Waals surface area contributed by atoms with Crippen LogP contribution >= 0.6 is 0 Å². The van der Waals surface area contributed by atoms with Crippen molar-refractivity contribution in [1.82, 2.24) is 15.2 Å². The Hall–Kier alpha value is -4.00. The van der Waals surface area contributed by atoms with Gasteiger partial charge in [0, 0.05) is 13.0 Å². The molecule has 0 aliphatic carbocycles. The fourth-order valence-corrected chi connectivity index (χ4v) is 4.42. The van der Waals surface area contributed by atoms with Crippen molar-refractivity contribution in [2.24, 2.45) is 4.99 Å². The standard InChI is InChI=1S/C25H24F4N4O5/c1-24(14-4-6-15(26)7-5-14)20(38-23(35)37-3)18(31-21(32-24)17-9-8-16(27)11-30-17)12-33-13-25(28,29)10-19(33)22(34)36-2/h4-9,11,19H,10,12-13H2,1-3H3,(H,31,32). The number of rotatable bonds is 6. The summed E-state index contributed by atoms with van der Waals surface area (Å²) >= 11 is 0. The molecule has 202 valence electrons. The molecule has 1 fully saturated rings. The minimum absolute atomic E-state index is 0.0740. The number of aromatic nitrogens is 1. The summed E-state index contributed by atoms with van der Waals surface area (Å²) in [5.41, 5.74) is -0.903. The highest BCUT2D eigenvalue weighted by Crippen LogP contribution is 2.40. The highest BCUT2D eigenvalue weighted by atomic mass is 19.3. The number of ether oxygens (including phenoxy) is 3. The van der Waals surface area contributed by atoms with Crippen LogP contribution in [0.4, 0.5) is 22.4 Å². The maximum Gasteiger partial charge on any atom is 0.513 e. The van der Waals surface area contributed by atoms with Crippen LogP contribution in [0.5, 0.6) is 0 Å². The molecule has 2 aliphatic heterocycles. The number of amidine groups is 1. The van der Waals surface area contributed by atoms with Crippen molar-refractivity contribution in [3.8, 4) is 0 Å². The van der Waals surface area contributed by atoms with Crippen molar-refractivity contribution in [2.75, 3.05) is 27.3 Å². The molecular weight excluding hydrogens is 512 g/mol. The van der Waals surface area contributed by atoms with Crippen LogP contribution in [0.25, 0.3) is 0 Å². The molecule has 9 nitrogen and oxygen atoms in total. The Balaban J connectivity index is 1.87.